The predicted molar refractivity (Wildman–Crippen MR) is 87.2 cm³/mol. The van der Waals surface area contributed by atoms with Crippen LogP contribution in [0.4, 0.5) is 5.69 Å². The first kappa shape index (κ1) is 17.6. The SMILES string of the molecule is COc1ccc(N(CC(=O)NCC2CCCO2)S(C)(=O)=O)cc1. The van der Waals surface area contributed by atoms with Crippen LogP contribution in [-0.2, 0) is 19.6 Å². The monoisotopic (exact) mass is 342 g/mol. The van der Waals surface area contributed by atoms with Crippen molar-refractivity contribution in [3.8, 4) is 5.75 Å². The molecule has 1 N–H and O–H groups in total. The Labute approximate surface area is 136 Å². The molecule has 1 heterocycles. The molecule has 1 saturated heterocycles. The number of sulfonamides is 1. The van der Waals surface area contributed by atoms with E-state index in [4.69, 9.17) is 9.47 Å². The maximum absolute atomic E-state index is 12.1. The van der Waals surface area contributed by atoms with E-state index in [-0.39, 0.29) is 18.6 Å². The molecule has 1 aromatic rings. The second-order valence-corrected chi connectivity index (χ2v) is 7.31. The molecule has 0 spiro atoms. The zero-order valence-electron chi connectivity index (χ0n) is 13.3. The van der Waals surface area contributed by atoms with Crippen LogP contribution in [0.5, 0.6) is 5.75 Å². The molecule has 1 amide bonds. The Morgan fingerprint density at radius 3 is 2.61 bits per heavy atom. The van der Waals surface area contributed by atoms with E-state index in [2.05, 4.69) is 5.32 Å². The lowest BCUT2D eigenvalue weighted by molar-refractivity contribution is -0.120. The van der Waals surface area contributed by atoms with Crippen molar-refractivity contribution in [3.05, 3.63) is 24.3 Å². The molecule has 0 bridgehead atoms. The van der Waals surface area contributed by atoms with Gasteiger partial charge in [-0.1, -0.05) is 0 Å². The summed E-state index contributed by atoms with van der Waals surface area (Å²) in [5.74, 6) is 0.256. The van der Waals surface area contributed by atoms with E-state index < -0.39 is 10.0 Å². The van der Waals surface area contributed by atoms with Crippen molar-refractivity contribution in [3.63, 3.8) is 0 Å². The van der Waals surface area contributed by atoms with E-state index >= 15 is 0 Å². The summed E-state index contributed by atoms with van der Waals surface area (Å²) in [6, 6.07) is 6.51. The number of ether oxygens (including phenoxy) is 2. The minimum absolute atomic E-state index is 0.0200. The molecule has 8 heteroatoms. The summed E-state index contributed by atoms with van der Waals surface area (Å²) in [5.41, 5.74) is 0.417. The highest BCUT2D eigenvalue weighted by atomic mass is 32.2. The molecule has 2 rings (SSSR count). The van der Waals surface area contributed by atoms with Crippen LogP contribution in [-0.4, -0.2) is 53.5 Å². The third kappa shape index (κ3) is 5.11. The maximum atomic E-state index is 12.1. The Morgan fingerprint density at radius 1 is 1.39 bits per heavy atom. The molecular formula is C15H22N2O5S. The van der Waals surface area contributed by atoms with Crippen molar-refractivity contribution in [2.24, 2.45) is 0 Å². The molecule has 1 aliphatic heterocycles. The molecule has 0 radical (unpaired) electrons. The summed E-state index contributed by atoms with van der Waals surface area (Å²) in [4.78, 5) is 12.1. The number of carbonyl (C=O) groups is 1. The average Bonchev–Trinajstić information content (AvgIpc) is 3.03. The maximum Gasteiger partial charge on any atom is 0.240 e. The van der Waals surface area contributed by atoms with E-state index in [1.165, 1.54) is 7.11 Å². The Morgan fingerprint density at radius 2 is 2.09 bits per heavy atom. The number of anilines is 1. The van der Waals surface area contributed by atoms with Gasteiger partial charge < -0.3 is 14.8 Å². The Kier molecular flexibility index (Phi) is 5.84. The third-order valence-corrected chi connectivity index (χ3v) is 4.74. The highest BCUT2D eigenvalue weighted by Crippen LogP contribution is 2.21. The van der Waals surface area contributed by atoms with Crippen LogP contribution >= 0.6 is 0 Å². The van der Waals surface area contributed by atoms with Crippen molar-refractivity contribution in [1.29, 1.82) is 0 Å². The van der Waals surface area contributed by atoms with Crippen LogP contribution in [0.2, 0.25) is 0 Å². The van der Waals surface area contributed by atoms with E-state index in [9.17, 15) is 13.2 Å². The first-order chi connectivity index (χ1) is 10.9. The first-order valence-corrected chi connectivity index (χ1v) is 9.25. The Hall–Kier alpha value is -1.80. The van der Waals surface area contributed by atoms with Gasteiger partial charge in [0.1, 0.15) is 12.3 Å². The van der Waals surface area contributed by atoms with Crippen molar-refractivity contribution >= 4 is 21.6 Å². The van der Waals surface area contributed by atoms with Gasteiger partial charge in [-0.05, 0) is 37.1 Å². The quantitative estimate of drug-likeness (QED) is 0.791. The Balaban J connectivity index is 2.01. The van der Waals surface area contributed by atoms with Gasteiger partial charge in [0.15, 0.2) is 0 Å². The van der Waals surface area contributed by atoms with Crippen molar-refractivity contribution < 1.29 is 22.7 Å². The molecule has 1 fully saturated rings. The molecule has 0 aromatic heterocycles. The topological polar surface area (TPSA) is 84.9 Å². The van der Waals surface area contributed by atoms with Gasteiger partial charge in [0, 0.05) is 13.2 Å². The van der Waals surface area contributed by atoms with Gasteiger partial charge in [-0.2, -0.15) is 0 Å². The molecule has 7 nitrogen and oxygen atoms in total. The van der Waals surface area contributed by atoms with Crippen LogP contribution in [0.25, 0.3) is 0 Å². The lowest BCUT2D eigenvalue weighted by atomic mass is 10.2. The predicted octanol–water partition coefficient (Wildman–Crippen LogP) is 0.756. The normalized spacial score (nSPS) is 17.7. The summed E-state index contributed by atoms with van der Waals surface area (Å²) in [6.07, 6.45) is 2.99. The minimum atomic E-state index is -3.57. The summed E-state index contributed by atoms with van der Waals surface area (Å²) < 4.78 is 35.5. The van der Waals surface area contributed by atoms with E-state index in [1.807, 2.05) is 0 Å². The fourth-order valence-electron chi connectivity index (χ4n) is 2.37. The number of hydrogen-bond donors (Lipinski definition) is 1. The van der Waals surface area contributed by atoms with Crippen molar-refractivity contribution in [2.75, 3.05) is 37.4 Å². The molecule has 0 saturated carbocycles. The summed E-state index contributed by atoms with van der Waals surface area (Å²) >= 11 is 0. The van der Waals surface area contributed by atoms with Gasteiger partial charge in [-0.3, -0.25) is 9.10 Å². The van der Waals surface area contributed by atoms with E-state index in [0.717, 1.165) is 23.4 Å². The molecule has 1 aliphatic rings. The number of rotatable bonds is 7. The lowest BCUT2D eigenvalue weighted by Gasteiger charge is -2.22. The van der Waals surface area contributed by atoms with Crippen molar-refractivity contribution in [1.82, 2.24) is 5.32 Å². The van der Waals surface area contributed by atoms with E-state index in [1.54, 1.807) is 24.3 Å². The van der Waals surface area contributed by atoms with Gasteiger partial charge >= 0.3 is 0 Å². The van der Waals surface area contributed by atoms with Gasteiger partial charge in [0.2, 0.25) is 15.9 Å². The smallest absolute Gasteiger partial charge is 0.240 e. The summed E-state index contributed by atoms with van der Waals surface area (Å²) in [7, 11) is -2.04. The number of nitrogens with one attached hydrogen (secondary N) is 1. The zero-order valence-corrected chi connectivity index (χ0v) is 14.1. The molecule has 128 valence electrons. The summed E-state index contributed by atoms with van der Waals surface area (Å²) in [6.45, 7) is 0.846. The highest BCUT2D eigenvalue weighted by Gasteiger charge is 2.22. The first-order valence-electron chi connectivity index (χ1n) is 7.40. The second-order valence-electron chi connectivity index (χ2n) is 5.41. The van der Waals surface area contributed by atoms with Crippen LogP contribution in [0.1, 0.15) is 12.8 Å². The van der Waals surface area contributed by atoms with Gasteiger partial charge in [-0.15, -0.1) is 0 Å². The molecule has 0 aliphatic carbocycles. The van der Waals surface area contributed by atoms with Crippen LogP contribution in [0.3, 0.4) is 0 Å². The minimum Gasteiger partial charge on any atom is -0.497 e. The number of amides is 1. The lowest BCUT2D eigenvalue weighted by Crippen LogP contribution is -2.42. The number of benzene rings is 1. The van der Waals surface area contributed by atoms with Crippen LogP contribution in [0.15, 0.2) is 24.3 Å². The fourth-order valence-corrected chi connectivity index (χ4v) is 3.22. The number of methoxy groups -OCH3 is 1. The van der Waals surface area contributed by atoms with Crippen molar-refractivity contribution in [2.45, 2.75) is 18.9 Å². The number of hydrogen-bond acceptors (Lipinski definition) is 5. The standard InChI is InChI=1S/C15H22N2O5S/c1-21-13-7-5-12(6-8-13)17(23(2,19)20)11-15(18)16-10-14-4-3-9-22-14/h5-8,14H,3-4,9-11H2,1-2H3,(H,16,18). The molecule has 1 atom stereocenters. The van der Waals surface area contributed by atoms with Crippen LogP contribution < -0.4 is 14.4 Å². The number of nitrogens with zero attached hydrogens (tertiary/aromatic N) is 1. The van der Waals surface area contributed by atoms with E-state index in [0.29, 0.717) is 24.6 Å². The fraction of sp³-hybridized carbons (Fsp3) is 0.533. The van der Waals surface area contributed by atoms with Gasteiger partial charge in [-0.25, -0.2) is 8.42 Å². The highest BCUT2D eigenvalue weighted by molar-refractivity contribution is 7.92. The third-order valence-electron chi connectivity index (χ3n) is 3.60. The summed E-state index contributed by atoms with van der Waals surface area (Å²) in [5, 5.41) is 2.72. The zero-order chi connectivity index (χ0) is 16.9. The second kappa shape index (κ2) is 7.65. The molecule has 1 aromatic carbocycles. The number of carbonyl (C=O) groups excluding carboxylic acids is 1. The molecule has 1 unspecified atom stereocenters. The van der Waals surface area contributed by atoms with Gasteiger partial charge in [0.05, 0.1) is 25.2 Å². The van der Waals surface area contributed by atoms with Crippen LogP contribution in [0, 0.1) is 0 Å². The van der Waals surface area contributed by atoms with Gasteiger partial charge in [0.25, 0.3) is 0 Å². The molecular weight excluding hydrogens is 320 g/mol. The average molecular weight is 342 g/mol. The molecule has 23 heavy (non-hydrogen) atoms. The Bertz CT molecular complexity index is 624. The largest absolute Gasteiger partial charge is 0.497 e.